The summed E-state index contributed by atoms with van der Waals surface area (Å²) >= 11 is 0. The molecular weight excluding hydrogens is 244 g/mol. The van der Waals surface area contributed by atoms with Crippen LogP contribution in [0.25, 0.3) is 11.1 Å². The SMILES string of the molecule is CC(C)[C](F)c1cccc(-c2ccccc2N)c1F. The van der Waals surface area contributed by atoms with Crippen molar-refractivity contribution < 1.29 is 8.78 Å². The zero-order chi connectivity index (χ0) is 14.0. The first-order valence-corrected chi connectivity index (χ1v) is 6.18. The molecule has 1 nitrogen and oxygen atoms in total. The minimum atomic E-state index is -0.563. The molecule has 0 aliphatic heterocycles. The summed E-state index contributed by atoms with van der Waals surface area (Å²) in [5, 5.41) is 0. The van der Waals surface area contributed by atoms with Gasteiger partial charge in [-0.1, -0.05) is 50.2 Å². The van der Waals surface area contributed by atoms with Crippen molar-refractivity contribution in [2.75, 3.05) is 5.73 Å². The number of benzene rings is 2. The Morgan fingerprint density at radius 2 is 1.63 bits per heavy atom. The molecule has 0 aromatic heterocycles. The predicted molar refractivity (Wildman–Crippen MR) is 74.5 cm³/mol. The van der Waals surface area contributed by atoms with Crippen molar-refractivity contribution in [1.29, 1.82) is 0 Å². The van der Waals surface area contributed by atoms with E-state index in [-0.39, 0.29) is 11.5 Å². The molecule has 0 aliphatic rings. The van der Waals surface area contributed by atoms with Crippen molar-refractivity contribution >= 4 is 5.69 Å². The van der Waals surface area contributed by atoms with Crippen molar-refractivity contribution in [2.24, 2.45) is 5.92 Å². The van der Waals surface area contributed by atoms with E-state index in [0.717, 1.165) is 0 Å². The van der Waals surface area contributed by atoms with Crippen molar-refractivity contribution in [1.82, 2.24) is 0 Å². The van der Waals surface area contributed by atoms with E-state index in [2.05, 4.69) is 0 Å². The standard InChI is InChI=1S/C16H16F2N/c1-10(2)15(17)13-8-5-7-12(16(13)18)11-6-3-4-9-14(11)19/h3-10H,19H2,1-2H3. The Labute approximate surface area is 112 Å². The molecule has 0 saturated heterocycles. The van der Waals surface area contributed by atoms with Gasteiger partial charge in [-0.3, -0.25) is 0 Å². The summed E-state index contributed by atoms with van der Waals surface area (Å²) in [6.45, 7) is 3.39. The quantitative estimate of drug-likeness (QED) is 0.803. The van der Waals surface area contributed by atoms with Crippen molar-refractivity contribution in [3.8, 4) is 11.1 Å². The normalized spacial score (nSPS) is 11.3. The van der Waals surface area contributed by atoms with Crippen LogP contribution in [0, 0.1) is 17.9 Å². The molecule has 1 radical (unpaired) electrons. The molecule has 2 rings (SSSR count). The monoisotopic (exact) mass is 260 g/mol. The fraction of sp³-hybridized carbons (Fsp3) is 0.188. The minimum absolute atomic E-state index is 0.00996. The molecule has 0 unspecified atom stereocenters. The average molecular weight is 260 g/mol. The highest BCUT2D eigenvalue weighted by Gasteiger charge is 2.22. The predicted octanol–water partition coefficient (Wildman–Crippen LogP) is 4.58. The van der Waals surface area contributed by atoms with Gasteiger partial charge in [0, 0.05) is 22.4 Å². The minimum Gasteiger partial charge on any atom is -0.398 e. The number of hydrogen-bond donors (Lipinski definition) is 1. The smallest absolute Gasteiger partial charge is 0.179 e. The lowest BCUT2D eigenvalue weighted by Gasteiger charge is -2.14. The molecule has 3 heteroatoms. The molecule has 0 saturated carbocycles. The highest BCUT2D eigenvalue weighted by atomic mass is 19.1. The number of para-hydroxylation sites is 1. The molecule has 0 bridgehead atoms. The van der Waals surface area contributed by atoms with E-state index in [1.165, 1.54) is 6.07 Å². The maximum atomic E-state index is 14.4. The second-order valence-electron chi connectivity index (χ2n) is 4.76. The number of anilines is 1. The van der Waals surface area contributed by atoms with Crippen LogP contribution in [-0.4, -0.2) is 0 Å². The fourth-order valence-corrected chi connectivity index (χ4v) is 1.98. The van der Waals surface area contributed by atoms with Crippen LogP contribution in [0.15, 0.2) is 42.5 Å². The first-order valence-electron chi connectivity index (χ1n) is 6.18. The number of nitrogen functional groups attached to an aromatic ring is 1. The van der Waals surface area contributed by atoms with Crippen LogP contribution in [-0.2, 0) is 0 Å². The molecule has 0 heterocycles. The maximum Gasteiger partial charge on any atom is 0.179 e. The molecule has 2 aromatic rings. The van der Waals surface area contributed by atoms with Gasteiger partial charge in [-0.2, -0.15) is 0 Å². The molecular formula is C16H16F2N. The van der Waals surface area contributed by atoms with Gasteiger partial charge in [0.15, 0.2) is 6.17 Å². The van der Waals surface area contributed by atoms with Crippen LogP contribution in [0.1, 0.15) is 19.4 Å². The van der Waals surface area contributed by atoms with Gasteiger partial charge in [0.25, 0.3) is 0 Å². The summed E-state index contributed by atoms with van der Waals surface area (Å²) in [5.41, 5.74) is 7.23. The summed E-state index contributed by atoms with van der Waals surface area (Å²) in [4.78, 5) is 0. The van der Waals surface area contributed by atoms with E-state index >= 15 is 0 Å². The van der Waals surface area contributed by atoms with Crippen LogP contribution in [0.4, 0.5) is 14.5 Å². The fourth-order valence-electron chi connectivity index (χ4n) is 1.98. The Hall–Kier alpha value is -1.90. The number of rotatable bonds is 3. The van der Waals surface area contributed by atoms with Crippen LogP contribution in [0.5, 0.6) is 0 Å². The van der Waals surface area contributed by atoms with Crippen LogP contribution in [0.2, 0.25) is 0 Å². The third-order valence-corrected chi connectivity index (χ3v) is 3.01. The Balaban J connectivity index is 2.55. The van der Waals surface area contributed by atoms with Crippen LogP contribution in [0.3, 0.4) is 0 Å². The Bertz CT molecular complexity index is 579. The Morgan fingerprint density at radius 3 is 2.26 bits per heavy atom. The number of halogens is 2. The van der Waals surface area contributed by atoms with Crippen molar-refractivity contribution in [3.05, 3.63) is 60.0 Å². The highest BCUT2D eigenvalue weighted by Crippen LogP contribution is 2.34. The molecule has 0 atom stereocenters. The molecule has 2 aromatic carbocycles. The lowest BCUT2D eigenvalue weighted by molar-refractivity contribution is 0.416. The molecule has 2 N–H and O–H groups in total. The topological polar surface area (TPSA) is 26.0 Å². The second kappa shape index (κ2) is 5.39. The van der Waals surface area contributed by atoms with Gasteiger partial charge in [-0.05, 0) is 12.0 Å². The molecule has 0 fully saturated rings. The summed E-state index contributed by atoms with van der Waals surface area (Å²) in [5.74, 6) is -0.913. The summed E-state index contributed by atoms with van der Waals surface area (Å²) in [6.07, 6.45) is -0.450. The third kappa shape index (κ3) is 2.60. The van der Waals surface area contributed by atoms with Gasteiger partial charge >= 0.3 is 0 Å². The van der Waals surface area contributed by atoms with Gasteiger partial charge in [-0.15, -0.1) is 0 Å². The van der Waals surface area contributed by atoms with Crippen LogP contribution < -0.4 is 5.73 Å². The van der Waals surface area contributed by atoms with Crippen LogP contribution >= 0.6 is 0 Å². The lowest BCUT2D eigenvalue weighted by Crippen LogP contribution is -2.05. The van der Waals surface area contributed by atoms with E-state index < -0.39 is 12.0 Å². The molecule has 0 amide bonds. The second-order valence-corrected chi connectivity index (χ2v) is 4.76. The van der Waals surface area contributed by atoms with E-state index in [1.54, 1.807) is 50.2 Å². The lowest BCUT2D eigenvalue weighted by atomic mass is 9.95. The zero-order valence-corrected chi connectivity index (χ0v) is 11.0. The summed E-state index contributed by atoms with van der Waals surface area (Å²) < 4.78 is 28.4. The van der Waals surface area contributed by atoms with Gasteiger partial charge < -0.3 is 5.73 Å². The molecule has 0 aliphatic carbocycles. The molecule has 99 valence electrons. The van der Waals surface area contributed by atoms with E-state index in [9.17, 15) is 8.78 Å². The van der Waals surface area contributed by atoms with Gasteiger partial charge in [0.05, 0.1) is 0 Å². The number of hydrogen-bond acceptors (Lipinski definition) is 1. The number of nitrogens with two attached hydrogens (primary N) is 1. The molecule has 19 heavy (non-hydrogen) atoms. The van der Waals surface area contributed by atoms with Gasteiger partial charge in [0.2, 0.25) is 0 Å². The summed E-state index contributed by atoms with van der Waals surface area (Å²) in [7, 11) is 0. The Morgan fingerprint density at radius 1 is 1.00 bits per heavy atom. The van der Waals surface area contributed by atoms with Crippen molar-refractivity contribution in [2.45, 2.75) is 13.8 Å². The van der Waals surface area contributed by atoms with E-state index in [0.29, 0.717) is 16.8 Å². The average Bonchev–Trinajstić information content (AvgIpc) is 2.39. The first-order chi connectivity index (χ1) is 9.02. The van der Waals surface area contributed by atoms with E-state index in [1.807, 2.05) is 0 Å². The maximum absolute atomic E-state index is 14.4. The summed E-state index contributed by atoms with van der Waals surface area (Å²) in [6, 6.07) is 11.7. The van der Waals surface area contributed by atoms with Gasteiger partial charge in [-0.25, -0.2) is 8.78 Å². The molecule has 0 spiro atoms. The Kier molecular flexibility index (Phi) is 3.84. The van der Waals surface area contributed by atoms with Gasteiger partial charge in [0.1, 0.15) is 5.82 Å². The largest absolute Gasteiger partial charge is 0.398 e. The first kappa shape index (κ1) is 13.5. The third-order valence-electron chi connectivity index (χ3n) is 3.01. The van der Waals surface area contributed by atoms with Crippen molar-refractivity contribution in [3.63, 3.8) is 0 Å². The van der Waals surface area contributed by atoms with E-state index in [4.69, 9.17) is 5.73 Å². The zero-order valence-electron chi connectivity index (χ0n) is 11.0. The highest BCUT2D eigenvalue weighted by molar-refractivity contribution is 5.77.